The first-order valence-electron chi connectivity index (χ1n) is 5.41. The smallest absolute Gasteiger partial charge is 0.270 e. The molecule has 0 aliphatic heterocycles. The van der Waals surface area contributed by atoms with Gasteiger partial charge in [-0.3, -0.25) is 14.9 Å². The van der Waals surface area contributed by atoms with Crippen LogP contribution in [0.4, 0.5) is 5.69 Å². The number of nitro groups is 1. The Kier molecular flexibility index (Phi) is 4.63. The highest BCUT2D eigenvalue weighted by molar-refractivity contribution is 5.80. The van der Waals surface area contributed by atoms with Crippen molar-refractivity contribution >= 4 is 12.0 Å². The van der Waals surface area contributed by atoms with Crippen LogP contribution in [0.2, 0.25) is 0 Å². The van der Waals surface area contributed by atoms with E-state index in [9.17, 15) is 14.9 Å². The van der Waals surface area contributed by atoms with Crippen LogP contribution in [0.1, 0.15) is 30.6 Å². The fraction of sp³-hybridized carbons (Fsp3) is 0.417. The maximum absolute atomic E-state index is 10.8. The lowest BCUT2D eigenvalue weighted by Gasteiger charge is -2.09. The van der Waals surface area contributed by atoms with Gasteiger partial charge in [-0.2, -0.15) is 0 Å². The summed E-state index contributed by atoms with van der Waals surface area (Å²) in [5.74, 6) is 0.902. The van der Waals surface area contributed by atoms with E-state index in [-0.39, 0.29) is 11.3 Å². The summed E-state index contributed by atoms with van der Waals surface area (Å²) in [7, 11) is 0. The van der Waals surface area contributed by atoms with Gasteiger partial charge in [0.2, 0.25) is 0 Å². The third kappa shape index (κ3) is 3.86. The first-order chi connectivity index (χ1) is 8.04. The summed E-state index contributed by atoms with van der Waals surface area (Å²) in [5, 5.41) is 10.5. The van der Waals surface area contributed by atoms with E-state index in [4.69, 9.17) is 4.74 Å². The topological polar surface area (TPSA) is 69.4 Å². The maximum atomic E-state index is 10.8. The van der Waals surface area contributed by atoms with Gasteiger partial charge in [-0.15, -0.1) is 0 Å². The predicted octanol–water partition coefficient (Wildman–Crippen LogP) is 2.83. The number of nitro benzene ring substituents is 1. The minimum Gasteiger partial charge on any atom is -0.493 e. The molecule has 17 heavy (non-hydrogen) atoms. The predicted molar refractivity (Wildman–Crippen MR) is 63.4 cm³/mol. The van der Waals surface area contributed by atoms with E-state index < -0.39 is 4.92 Å². The van der Waals surface area contributed by atoms with Crippen LogP contribution in [-0.4, -0.2) is 17.8 Å². The Morgan fingerprint density at radius 2 is 2.18 bits per heavy atom. The molecule has 0 bridgehead atoms. The number of hydrogen-bond acceptors (Lipinski definition) is 4. The van der Waals surface area contributed by atoms with Crippen molar-refractivity contribution in [2.24, 2.45) is 5.92 Å². The van der Waals surface area contributed by atoms with Gasteiger partial charge in [-0.05, 0) is 18.4 Å². The van der Waals surface area contributed by atoms with Crippen LogP contribution >= 0.6 is 0 Å². The van der Waals surface area contributed by atoms with Crippen LogP contribution in [0.15, 0.2) is 18.2 Å². The lowest BCUT2D eigenvalue weighted by Crippen LogP contribution is -2.03. The zero-order valence-electron chi connectivity index (χ0n) is 9.88. The van der Waals surface area contributed by atoms with E-state index in [1.807, 2.05) is 0 Å². The van der Waals surface area contributed by atoms with Crippen LogP contribution in [0.3, 0.4) is 0 Å². The van der Waals surface area contributed by atoms with Crippen molar-refractivity contribution in [1.82, 2.24) is 0 Å². The second-order valence-electron chi connectivity index (χ2n) is 4.13. The fourth-order valence-electron chi connectivity index (χ4n) is 1.28. The van der Waals surface area contributed by atoms with E-state index in [2.05, 4.69) is 13.8 Å². The highest BCUT2D eigenvalue weighted by Crippen LogP contribution is 2.23. The van der Waals surface area contributed by atoms with Crippen LogP contribution < -0.4 is 4.74 Å². The minimum absolute atomic E-state index is 0.108. The van der Waals surface area contributed by atoms with E-state index in [1.54, 1.807) is 0 Å². The Morgan fingerprint density at radius 1 is 1.47 bits per heavy atom. The quantitative estimate of drug-likeness (QED) is 0.433. The molecule has 1 rings (SSSR count). The number of benzene rings is 1. The molecule has 0 atom stereocenters. The number of carbonyl (C=O) groups is 1. The molecule has 0 fully saturated rings. The van der Waals surface area contributed by atoms with E-state index >= 15 is 0 Å². The van der Waals surface area contributed by atoms with Gasteiger partial charge in [0.1, 0.15) is 5.75 Å². The number of aldehydes is 1. The third-order valence-corrected chi connectivity index (χ3v) is 2.28. The number of non-ortho nitro benzene ring substituents is 1. The molecule has 0 radical (unpaired) electrons. The summed E-state index contributed by atoms with van der Waals surface area (Å²) in [6, 6.07) is 4.01. The van der Waals surface area contributed by atoms with Gasteiger partial charge >= 0.3 is 0 Å². The summed E-state index contributed by atoms with van der Waals surface area (Å²) in [6.07, 6.45) is 1.44. The maximum Gasteiger partial charge on any atom is 0.270 e. The molecule has 5 heteroatoms. The summed E-state index contributed by atoms with van der Waals surface area (Å²) in [6.45, 7) is 4.63. The van der Waals surface area contributed by atoms with E-state index in [0.717, 1.165) is 6.42 Å². The molecule has 0 saturated carbocycles. The molecule has 92 valence electrons. The SMILES string of the molecule is CC(C)CCOc1ccc([N+](=O)[O-])cc1C=O. The molecule has 0 spiro atoms. The minimum atomic E-state index is -0.537. The summed E-state index contributed by atoms with van der Waals surface area (Å²) in [4.78, 5) is 20.8. The normalized spacial score (nSPS) is 10.3. The molecule has 0 aromatic heterocycles. The molecule has 0 saturated heterocycles. The Morgan fingerprint density at radius 3 is 2.71 bits per heavy atom. The van der Waals surface area contributed by atoms with Crippen molar-refractivity contribution in [2.45, 2.75) is 20.3 Å². The van der Waals surface area contributed by atoms with E-state index in [1.165, 1.54) is 18.2 Å². The second-order valence-corrected chi connectivity index (χ2v) is 4.13. The van der Waals surface area contributed by atoms with Crippen molar-refractivity contribution in [3.63, 3.8) is 0 Å². The molecule has 0 aliphatic carbocycles. The number of rotatable bonds is 6. The van der Waals surface area contributed by atoms with Crippen LogP contribution in [0.25, 0.3) is 0 Å². The van der Waals surface area contributed by atoms with Gasteiger partial charge in [0.05, 0.1) is 17.1 Å². The Bertz CT molecular complexity index is 415. The molecule has 0 aliphatic rings. The van der Waals surface area contributed by atoms with Gasteiger partial charge in [-0.25, -0.2) is 0 Å². The zero-order chi connectivity index (χ0) is 12.8. The Hall–Kier alpha value is -1.91. The van der Waals surface area contributed by atoms with Crippen LogP contribution in [0.5, 0.6) is 5.75 Å². The highest BCUT2D eigenvalue weighted by Gasteiger charge is 2.11. The van der Waals surface area contributed by atoms with Crippen molar-refractivity contribution in [3.05, 3.63) is 33.9 Å². The second kappa shape index (κ2) is 5.98. The first-order valence-corrected chi connectivity index (χ1v) is 5.41. The van der Waals surface area contributed by atoms with Gasteiger partial charge < -0.3 is 4.74 Å². The Balaban J connectivity index is 2.78. The average molecular weight is 237 g/mol. The molecule has 1 aromatic rings. The fourth-order valence-corrected chi connectivity index (χ4v) is 1.28. The molecule has 0 unspecified atom stereocenters. The molecular formula is C12H15NO4. The van der Waals surface area contributed by atoms with Crippen molar-refractivity contribution in [3.8, 4) is 5.75 Å². The molecule has 5 nitrogen and oxygen atoms in total. The van der Waals surface area contributed by atoms with Crippen molar-refractivity contribution in [2.75, 3.05) is 6.61 Å². The number of nitrogens with zero attached hydrogens (tertiary/aromatic N) is 1. The Labute approximate surface area is 99.5 Å². The standard InChI is InChI=1S/C12H15NO4/c1-9(2)5-6-17-12-4-3-11(13(15)16)7-10(12)8-14/h3-4,7-9H,5-6H2,1-2H3. The van der Waals surface area contributed by atoms with Gasteiger partial charge in [0.25, 0.3) is 5.69 Å². The summed E-state index contributed by atoms with van der Waals surface area (Å²) < 4.78 is 5.42. The number of hydrogen-bond donors (Lipinski definition) is 0. The lowest BCUT2D eigenvalue weighted by atomic mass is 10.1. The molecule has 0 N–H and O–H groups in total. The molecule has 0 heterocycles. The summed E-state index contributed by atoms with van der Waals surface area (Å²) in [5.41, 5.74) is 0.103. The summed E-state index contributed by atoms with van der Waals surface area (Å²) >= 11 is 0. The monoisotopic (exact) mass is 237 g/mol. The third-order valence-electron chi connectivity index (χ3n) is 2.28. The van der Waals surface area contributed by atoms with Gasteiger partial charge in [0.15, 0.2) is 6.29 Å². The van der Waals surface area contributed by atoms with Crippen LogP contribution in [-0.2, 0) is 0 Å². The molecule has 0 amide bonds. The lowest BCUT2D eigenvalue weighted by molar-refractivity contribution is -0.384. The van der Waals surface area contributed by atoms with Crippen molar-refractivity contribution in [1.29, 1.82) is 0 Å². The largest absolute Gasteiger partial charge is 0.493 e. The van der Waals surface area contributed by atoms with Crippen LogP contribution in [0, 0.1) is 16.0 Å². The van der Waals surface area contributed by atoms with Gasteiger partial charge in [0, 0.05) is 12.1 Å². The zero-order valence-corrected chi connectivity index (χ0v) is 9.88. The van der Waals surface area contributed by atoms with Crippen molar-refractivity contribution < 1.29 is 14.5 Å². The van der Waals surface area contributed by atoms with E-state index in [0.29, 0.717) is 24.6 Å². The van der Waals surface area contributed by atoms with Gasteiger partial charge in [-0.1, -0.05) is 13.8 Å². The highest BCUT2D eigenvalue weighted by atomic mass is 16.6. The first kappa shape index (κ1) is 13.2. The molecular weight excluding hydrogens is 222 g/mol. The number of carbonyl (C=O) groups excluding carboxylic acids is 1. The number of ether oxygens (including phenoxy) is 1. The average Bonchev–Trinajstić information content (AvgIpc) is 2.28. The molecule has 1 aromatic carbocycles.